The standard InChI is InChI=1S/C15H23N3O3/c1-12(2)10-16-5-7-17(8-6-16)14-3-4-15(18(20)21)13(9-14)11-19/h3-4,9,12,19H,5-8,10-11H2,1-2H3. The van der Waals surface area contributed by atoms with Crippen molar-refractivity contribution >= 4 is 11.4 Å². The minimum atomic E-state index is -0.449. The summed E-state index contributed by atoms with van der Waals surface area (Å²) in [7, 11) is 0. The number of nitro groups is 1. The van der Waals surface area contributed by atoms with Crippen molar-refractivity contribution in [1.82, 2.24) is 4.90 Å². The highest BCUT2D eigenvalue weighted by atomic mass is 16.6. The molecule has 1 heterocycles. The van der Waals surface area contributed by atoms with Crippen LogP contribution >= 0.6 is 0 Å². The number of anilines is 1. The average molecular weight is 293 g/mol. The average Bonchev–Trinajstić information content (AvgIpc) is 2.46. The van der Waals surface area contributed by atoms with E-state index < -0.39 is 4.92 Å². The smallest absolute Gasteiger partial charge is 0.275 e. The van der Waals surface area contributed by atoms with Crippen molar-refractivity contribution in [2.24, 2.45) is 5.92 Å². The Hall–Kier alpha value is -1.66. The zero-order valence-electron chi connectivity index (χ0n) is 12.7. The number of hydrogen-bond acceptors (Lipinski definition) is 5. The van der Waals surface area contributed by atoms with Crippen molar-refractivity contribution in [3.63, 3.8) is 0 Å². The van der Waals surface area contributed by atoms with Gasteiger partial charge in [0, 0.05) is 44.5 Å². The molecule has 1 aliphatic heterocycles. The zero-order chi connectivity index (χ0) is 15.4. The predicted octanol–water partition coefficient (Wildman–Crippen LogP) is 1.87. The van der Waals surface area contributed by atoms with Crippen molar-refractivity contribution in [2.45, 2.75) is 20.5 Å². The summed E-state index contributed by atoms with van der Waals surface area (Å²) < 4.78 is 0. The van der Waals surface area contributed by atoms with E-state index in [2.05, 4.69) is 23.6 Å². The summed E-state index contributed by atoms with van der Waals surface area (Å²) in [6.07, 6.45) is 0. The molecule has 2 rings (SSSR count). The summed E-state index contributed by atoms with van der Waals surface area (Å²) in [5.74, 6) is 0.664. The lowest BCUT2D eigenvalue weighted by atomic mass is 10.1. The van der Waals surface area contributed by atoms with Gasteiger partial charge in [-0.1, -0.05) is 13.8 Å². The Kier molecular flexibility index (Phi) is 5.14. The maximum absolute atomic E-state index is 10.9. The molecule has 0 atom stereocenters. The van der Waals surface area contributed by atoms with Gasteiger partial charge in [0.05, 0.1) is 17.1 Å². The van der Waals surface area contributed by atoms with Crippen LogP contribution in [0.4, 0.5) is 11.4 Å². The van der Waals surface area contributed by atoms with E-state index in [4.69, 9.17) is 0 Å². The molecule has 0 aromatic heterocycles. The minimum absolute atomic E-state index is 0.0142. The van der Waals surface area contributed by atoms with Crippen LogP contribution in [0.1, 0.15) is 19.4 Å². The fourth-order valence-corrected chi connectivity index (χ4v) is 2.78. The second kappa shape index (κ2) is 6.87. The minimum Gasteiger partial charge on any atom is -0.391 e. The van der Waals surface area contributed by atoms with Gasteiger partial charge in [-0.25, -0.2) is 0 Å². The van der Waals surface area contributed by atoms with Gasteiger partial charge in [0.1, 0.15) is 0 Å². The molecule has 21 heavy (non-hydrogen) atoms. The van der Waals surface area contributed by atoms with E-state index in [-0.39, 0.29) is 12.3 Å². The summed E-state index contributed by atoms with van der Waals surface area (Å²) in [6, 6.07) is 4.99. The fraction of sp³-hybridized carbons (Fsp3) is 0.600. The van der Waals surface area contributed by atoms with E-state index in [0.717, 1.165) is 38.4 Å². The van der Waals surface area contributed by atoms with E-state index in [1.165, 1.54) is 6.07 Å². The van der Waals surface area contributed by atoms with Crippen LogP contribution in [0.3, 0.4) is 0 Å². The van der Waals surface area contributed by atoms with Gasteiger partial charge in [-0.15, -0.1) is 0 Å². The Morgan fingerprint density at radius 2 is 1.95 bits per heavy atom. The zero-order valence-corrected chi connectivity index (χ0v) is 12.7. The van der Waals surface area contributed by atoms with Crippen LogP contribution in [0.5, 0.6) is 0 Å². The van der Waals surface area contributed by atoms with Crippen LogP contribution in [-0.4, -0.2) is 47.7 Å². The SMILES string of the molecule is CC(C)CN1CCN(c2ccc([N+](=O)[O-])c(CO)c2)CC1. The van der Waals surface area contributed by atoms with Crippen molar-refractivity contribution in [3.8, 4) is 0 Å². The van der Waals surface area contributed by atoms with Crippen LogP contribution in [-0.2, 0) is 6.61 Å². The Morgan fingerprint density at radius 3 is 2.48 bits per heavy atom. The number of rotatable bonds is 5. The molecule has 0 amide bonds. The van der Waals surface area contributed by atoms with E-state index in [0.29, 0.717) is 11.5 Å². The van der Waals surface area contributed by atoms with Crippen LogP contribution in [0.15, 0.2) is 18.2 Å². The molecule has 0 bridgehead atoms. The Labute approximate surface area is 125 Å². The Morgan fingerprint density at radius 1 is 1.29 bits per heavy atom. The molecule has 0 unspecified atom stereocenters. The van der Waals surface area contributed by atoms with Crippen molar-refractivity contribution in [1.29, 1.82) is 0 Å². The number of piperazine rings is 1. The lowest BCUT2D eigenvalue weighted by Crippen LogP contribution is -2.47. The van der Waals surface area contributed by atoms with E-state index in [1.54, 1.807) is 12.1 Å². The molecule has 1 aromatic rings. The topological polar surface area (TPSA) is 69.9 Å². The van der Waals surface area contributed by atoms with Gasteiger partial charge in [0.25, 0.3) is 5.69 Å². The van der Waals surface area contributed by atoms with Crippen molar-refractivity contribution in [3.05, 3.63) is 33.9 Å². The molecule has 1 saturated heterocycles. The molecular weight excluding hydrogens is 270 g/mol. The third kappa shape index (κ3) is 3.92. The largest absolute Gasteiger partial charge is 0.391 e. The molecule has 116 valence electrons. The van der Waals surface area contributed by atoms with Gasteiger partial charge in [0.2, 0.25) is 0 Å². The lowest BCUT2D eigenvalue weighted by Gasteiger charge is -2.37. The summed E-state index contributed by atoms with van der Waals surface area (Å²) >= 11 is 0. The van der Waals surface area contributed by atoms with Crippen LogP contribution in [0, 0.1) is 16.0 Å². The number of aliphatic hydroxyl groups excluding tert-OH is 1. The number of nitrogens with zero attached hydrogens (tertiary/aromatic N) is 3. The van der Waals surface area contributed by atoms with Gasteiger partial charge in [-0.2, -0.15) is 0 Å². The number of aliphatic hydroxyl groups is 1. The third-order valence-corrected chi connectivity index (χ3v) is 3.79. The quantitative estimate of drug-likeness (QED) is 0.663. The summed E-state index contributed by atoms with van der Waals surface area (Å²) in [5.41, 5.74) is 1.32. The maximum atomic E-state index is 10.9. The van der Waals surface area contributed by atoms with Gasteiger partial charge < -0.3 is 10.0 Å². The van der Waals surface area contributed by atoms with Crippen molar-refractivity contribution < 1.29 is 10.0 Å². The van der Waals surface area contributed by atoms with E-state index in [9.17, 15) is 15.2 Å². The molecule has 0 aliphatic carbocycles. The summed E-state index contributed by atoms with van der Waals surface area (Å²) in [5, 5.41) is 20.2. The second-order valence-electron chi connectivity index (χ2n) is 5.91. The second-order valence-corrected chi connectivity index (χ2v) is 5.91. The molecule has 0 spiro atoms. The molecule has 1 N–H and O–H groups in total. The predicted molar refractivity (Wildman–Crippen MR) is 82.5 cm³/mol. The first-order valence-electron chi connectivity index (χ1n) is 7.36. The van der Waals surface area contributed by atoms with E-state index in [1.807, 2.05) is 0 Å². The molecular formula is C15H23N3O3. The maximum Gasteiger partial charge on any atom is 0.275 e. The first kappa shape index (κ1) is 15.7. The molecule has 6 nitrogen and oxygen atoms in total. The first-order chi connectivity index (χ1) is 10.0. The summed E-state index contributed by atoms with van der Waals surface area (Å²) in [4.78, 5) is 15.1. The van der Waals surface area contributed by atoms with Gasteiger partial charge in [-0.05, 0) is 18.1 Å². The highest BCUT2D eigenvalue weighted by Crippen LogP contribution is 2.26. The normalized spacial score (nSPS) is 16.5. The van der Waals surface area contributed by atoms with Crippen molar-refractivity contribution in [2.75, 3.05) is 37.6 Å². The molecule has 0 radical (unpaired) electrons. The number of hydrogen-bond donors (Lipinski definition) is 1. The van der Waals surface area contributed by atoms with Crippen LogP contribution in [0.25, 0.3) is 0 Å². The fourth-order valence-electron chi connectivity index (χ4n) is 2.78. The molecule has 6 heteroatoms. The number of benzene rings is 1. The van der Waals surface area contributed by atoms with Crippen LogP contribution in [0.2, 0.25) is 0 Å². The first-order valence-corrected chi connectivity index (χ1v) is 7.36. The number of nitro benzene ring substituents is 1. The lowest BCUT2D eigenvalue weighted by molar-refractivity contribution is -0.385. The molecule has 1 aromatic carbocycles. The van der Waals surface area contributed by atoms with Gasteiger partial charge in [-0.3, -0.25) is 15.0 Å². The summed E-state index contributed by atoms with van der Waals surface area (Å²) in [6.45, 7) is 9.07. The Balaban J connectivity index is 2.05. The Bertz CT molecular complexity index is 497. The highest BCUT2D eigenvalue weighted by molar-refractivity contribution is 5.55. The van der Waals surface area contributed by atoms with E-state index >= 15 is 0 Å². The molecule has 1 fully saturated rings. The third-order valence-electron chi connectivity index (χ3n) is 3.79. The van der Waals surface area contributed by atoms with Gasteiger partial charge in [0.15, 0.2) is 0 Å². The molecule has 0 saturated carbocycles. The van der Waals surface area contributed by atoms with Crippen LogP contribution < -0.4 is 4.90 Å². The molecule has 1 aliphatic rings. The monoisotopic (exact) mass is 293 g/mol. The van der Waals surface area contributed by atoms with Gasteiger partial charge >= 0.3 is 0 Å². The highest BCUT2D eigenvalue weighted by Gasteiger charge is 2.20.